The molecule has 34 heavy (non-hydrogen) atoms. The van der Waals surface area contributed by atoms with Crippen LogP contribution in [0, 0.1) is 24.7 Å². The Hall–Kier alpha value is -3.45. The highest BCUT2D eigenvalue weighted by molar-refractivity contribution is 6.31. The topological polar surface area (TPSA) is 84.0 Å². The second kappa shape index (κ2) is 8.72. The van der Waals surface area contributed by atoms with E-state index in [1.54, 1.807) is 30.3 Å². The summed E-state index contributed by atoms with van der Waals surface area (Å²) in [7, 11) is 0. The zero-order valence-electron chi connectivity index (χ0n) is 18.6. The number of hydrogen-bond acceptors (Lipinski definition) is 5. The number of allylic oxidation sites excluding steroid dienone is 2. The highest BCUT2D eigenvalue weighted by Gasteiger charge is 2.48. The maximum Gasteiger partial charge on any atom is 0.316 e. The molecule has 3 aliphatic rings. The lowest BCUT2D eigenvalue weighted by Gasteiger charge is -2.18. The van der Waals surface area contributed by atoms with E-state index in [1.807, 2.05) is 25.1 Å². The van der Waals surface area contributed by atoms with Gasteiger partial charge in [0.15, 0.2) is 0 Å². The molecule has 2 aromatic rings. The number of esters is 1. The number of hydrogen-bond donors (Lipinski definition) is 0. The highest BCUT2D eigenvalue weighted by Crippen LogP contribution is 2.38. The summed E-state index contributed by atoms with van der Waals surface area (Å²) >= 11 is 6.19. The summed E-state index contributed by atoms with van der Waals surface area (Å²) in [5, 5.41) is 0.551. The summed E-state index contributed by atoms with van der Waals surface area (Å²) in [4.78, 5) is 53.8. The molecule has 2 saturated heterocycles. The fraction of sp³-hybridized carbons (Fsp3) is 0.308. The van der Waals surface area contributed by atoms with Gasteiger partial charge in [-0.3, -0.25) is 19.2 Å². The van der Waals surface area contributed by atoms with Crippen molar-refractivity contribution in [3.8, 4) is 5.75 Å². The molecule has 7 nitrogen and oxygen atoms in total. The Morgan fingerprint density at radius 3 is 2.35 bits per heavy atom. The van der Waals surface area contributed by atoms with Crippen molar-refractivity contribution in [3.05, 3.63) is 65.2 Å². The van der Waals surface area contributed by atoms with Gasteiger partial charge in [-0.25, -0.2) is 4.90 Å². The molecule has 8 heteroatoms. The molecule has 5 rings (SSSR count). The number of imide groups is 1. The molecule has 2 fully saturated rings. The predicted molar refractivity (Wildman–Crippen MR) is 127 cm³/mol. The molecule has 0 aromatic heterocycles. The Kier molecular flexibility index (Phi) is 5.73. The SMILES string of the molecule is Cc1ccc(N2C[C@H](C(=O)Oc3cccc(N4C(=O)[C@H]5CC=CC[C@H]5C4=O)c3)CC2=O)cc1Cl. The van der Waals surface area contributed by atoms with E-state index in [0.29, 0.717) is 29.2 Å². The van der Waals surface area contributed by atoms with Crippen LogP contribution in [0.15, 0.2) is 54.6 Å². The fourth-order valence-corrected chi connectivity index (χ4v) is 4.98. The third kappa shape index (κ3) is 3.90. The van der Waals surface area contributed by atoms with Crippen LogP contribution in [-0.4, -0.2) is 30.2 Å². The zero-order chi connectivity index (χ0) is 24.0. The van der Waals surface area contributed by atoms with Gasteiger partial charge in [0.25, 0.3) is 0 Å². The average Bonchev–Trinajstić information content (AvgIpc) is 3.34. The molecule has 0 unspecified atom stereocenters. The smallest absolute Gasteiger partial charge is 0.316 e. The van der Waals surface area contributed by atoms with Gasteiger partial charge >= 0.3 is 5.97 Å². The number of carbonyl (C=O) groups is 4. The van der Waals surface area contributed by atoms with Crippen LogP contribution in [0.3, 0.4) is 0 Å². The van der Waals surface area contributed by atoms with Gasteiger partial charge < -0.3 is 9.64 Å². The number of rotatable bonds is 4. The number of amides is 3. The van der Waals surface area contributed by atoms with Crippen molar-refractivity contribution in [2.24, 2.45) is 17.8 Å². The van der Waals surface area contributed by atoms with Crippen LogP contribution in [0.1, 0.15) is 24.8 Å². The van der Waals surface area contributed by atoms with Crippen LogP contribution in [-0.2, 0) is 19.2 Å². The monoisotopic (exact) mass is 478 g/mol. The van der Waals surface area contributed by atoms with Crippen LogP contribution in [0.2, 0.25) is 5.02 Å². The van der Waals surface area contributed by atoms with Crippen molar-refractivity contribution >= 4 is 46.7 Å². The lowest BCUT2D eigenvalue weighted by atomic mass is 9.85. The van der Waals surface area contributed by atoms with Gasteiger partial charge in [0.1, 0.15) is 5.75 Å². The maximum atomic E-state index is 12.9. The van der Waals surface area contributed by atoms with Crippen molar-refractivity contribution in [2.75, 3.05) is 16.3 Å². The van der Waals surface area contributed by atoms with Gasteiger partial charge in [-0.1, -0.05) is 35.9 Å². The van der Waals surface area contributed by atoms with Gasteiger partial charge in [-0.2, -0.15) is 0 Å². The minimum Gasteiger partial charge on any atom is -0.426 e. The second-order valence-electron chi connectivity index (χ2n) is 8.93. The average molecular weight is 479 g/mol. The van der Waals surface area contributed by atoms with Gasteiger partial charge in [-0.15, -0.1) is 0 Å². The van der Waals surface area contributed by atoms with Crippen molar-refractivity contribution in [3.63, 3.8) is 0 Å². The third-order valence-corrected chi connectivity index (χ3v) is 7.13. The van der Waals surface area contributed by atoms with Crippen molar-refractivity contribution in [1.29, 1.82) is 0 Å². The maximum absolute atomic E-state index is 12.9. The highest BCUT2D eigenvalue weighted by atomic mass is 35.5. The van der Waals surface area contributed by atoms with E-state index >= 15 is 0 Å². The minimum atomic E-state index is -0.639. The molecule has 2 heterocycles. The van der Waals surface area contributed by atoms with E-state index in [0.717, 1.165) is 5.56 Å². The minimum absolute atomic E-state index is 0.0312. The lowest BCUT2D eigenvalue weighted by Crippen LogP contribution is -2.31. The molecule has 0 spiro atoms. The molecule has 3 atom stereocenters. The Morgan fingerprint density at radius 1 is 0.971 bits per heavy atom. The Bertz CT molecular complexity index is 1210. The Balaban J connectivity index is 1.29. The zero-order valence-corrected chi connectivity index (χ0v) is 19.3. The Morgan fingerprint density at radius 2 is 1.68 bits per heavy atom. The number of nitrogens with zero attached hydrogens (tertiary/aromatic N) is 2. The number of anilines is 2. The van der Waals surface area contributed by atoms with Crippen LogP contribution >= 0.6 is 11.6 Å². The molecular weight excluding hydrogens is 456 g/mol. The predicted octanol–water partition coefficient (Wildman–Crippen LogP) is 4.06. The van der Waals surface area contributed by atoms with Gasteiger partial charge in [0.05, 0.1) is 23.4 Å². The summed E-state index contributed by atoms with van der Waals surface area (Å²) in [6.45, 7) is 2.07. The van der Waals surface area contributed by atoms with E-state index in [-0.39, 0.29) is 48.3 Å². The number of fused-ring (bicyclic) bond motifs is 1. The standard InChI is InChI=1S/C26H23ClN2O5/c1-15-9-10-17(13-22(15)27)28-14-16(11-23(28)30)26(33)34-19-6-4-5-18(12-19)29-24(31)20-7-2-3-8-21(20)25(29)32/h2-6,9-10,12-13,16,20-21H,7-8,11,14H2,1H3/t16-,20-,21+/m1/s1. The molecule has 0 saturated carbocycles. The van der Waals surface area contributed by atoms with Crippen molar-refractivity contribution < 1.29 is 23.9 Å². The first kappa shape index (κ1) is 22.3. The first-order valence-electron chi connectivity index (χ1n) is 11.2. The quantitative estimate of drug-likeness (QED) is 0.286. The molecule has 3 amide bonds. The second-order valence-corrected chi connectivity index (χ2v) is 9.33. The lowest BCUT2D eigenvalue weighted by molar-refractivity contribution is -0.139. The van der Waals surface area contributed by atoms with Gasteiger partial charge in [-0.05, 0) is 49.6 Å². The third-order valence-electron chi connectivity index (χ3n) is 6.73. The molecule has 2 aromatic carbocycles. The normalized spacial score (nSPS) is 24.1. The number of ether oxygens (including phenoxy) is 1. The van der Waals surface area contributed by atoms with Crippen LogP contribution < -0.4 is 14.5 Å². The van der Waals surface area contributed by atoms with E-state index in [9.17, 15) is 19.2 Å². The first-order valence-corrected chi connectivity index (χ1v) is 11.6. The fourth-order valence-electron chi connectivity index (χ4n) is 4.81. The van der Waals surface area contributed by atoms with E-state index in [2.05, 4.69) is 0 Å². The molecule has 174 valence electrons. The van der Waals surface area contributed by atoms with E-state index in [4.69, 9.17) is 16.3 Å². The van der Waals surface area contributed by atoms with Crippen molar-refractivity contribution in [1.82, 2.24) is 0 Å². The summed E-state index contributed by atoms with van der Waals surface area (Å²) < 4.78 is 5.56. The number of benzene rings is 2. The molecule has 0 N–H and O–H groups in total. The number of carbonyl (C=O) groups excluding carboxylic acids is 4. The van der Waals surface area contributed by atoms with Crippen molar-refractivity contribution in [2.45, 2.75) is 26.2 Å². The molecule has 1 aliphatic carbocycles. The van der Waals surface area contributed by atoms with Gasteiger partial charge in [0.2, 0.25) is 17.7 Å². The van der Waals surface area contributed by atoms with Crippen LogP contribution in [0.4, 0.5) is 11.4 Å². The summed E-state index contributed by atoms with van der Waals surface area (Å²) in [5.41, 5.74) is 1.92. The Labute approximate surface area is 201 Å². The first-order chi connectivity index (χ1) is 16.3. The van der Waals surface area contributed by atoms with E-state index < -0.39 is 11.9 Å². The number of aryl methyl sites for hydroxylation is 1. The van der Waals surface area contributed by atoms with Gasteiger partial charge in [0, 0.05) is 29.7 Å². The molecule has 0 radical (unpaired) electrons. The molecule has 0 bridgehead atoms. The summed E-state index contributed by atoms with van der Waals surface area (Å²) in [6.07, 6.45) is 5.01. The van der Waals surface area contributed by atoms with Crippen LogP contribution in [0.5, 0.6) is 5.75 Å². The largest absolute Gasteiger partial charge is 0.426 e. The van der Waals surface area contributed by atoms with Crippen LogP contribution in [0.25, 0.3) is 0 Å². The van der Waals surface area contributed by atoms with E-state index in [1.165, 1.54) is 15.9 Å². The summed E-state index contributed by atoms with van der Waals surface area (Å²) in [5.74, 6) is -2.26. The number of halogens is 1. The molecular formula is C26H23ClN2O5. The molecule has 2 aliphatic heterocycles. The summed E-state index contributed by atoms with van der Waals surface area (Å²) in [6, 6.07) is 11.7.